The summed E-state index contributed by atoms with van der Waals surface area (Å²) in [7, 11) is 0. The van der Waals surface area contributed by atoms with Crippen molar-refractivity contribution in [2.75, 3.05) is 13.1 Å². The number of hydrogen-bond acceptors (Lipinski definition) is 2. The minimum absolute atomic E-state index is 0.481. The van der Waals surface area contributed by atoms with Crippen LogP contribution in [-0.4, -0.2) is 30.1 Å². The molecule has 3 unspecified atom stereocenters. The average molecular weight is 210 g/mol. The van der Waals surface area contributed by atoms with Gasteiger partial charge in [-0.3, -0.25) is 0 Å². The third-order valence-electron chi connectivity index (χ3n) is 4.22. The van der Waals surface area contributed by atoms with Gasteiger partial charge in [0.2, 0.25) is 0 Å². The van der Waals surface area contributed by atoms with Crippen LogP contribution < -0.4 is 5.73 Å². The van der Waals surface area contributed by atoms with Crippen LogP contribution in [-0.2, 0) is 0 Å². The maximum Gasteiger partial charge on any atom is 0.0110 e. The Morgan fingerprint density at radius 1 is 1.27 bits per heavy atom. The van der Waals surface area contributed by atoms with E-state index in [0.29, 0.717) is 6.04 Å². The second kappa shape index (κ2) is 5.31. The van der Waals surface area contributed by atoms with Crippen molar-refractivity contribution in [2.24, 2.45) is 11.7 Å². The molecular weight excluding hydrogens is 184 g/mol. The maximum absolute atomic E-state index is 6.06. The fraction of sp³-hybridized carbons (Fsp3) is 1.00. The van der Waals surface area contributed by atoms with E-state index in [1.54, 1.807) is 0 Å². The molecule has 0 aromatic heterocycles. The van der Waals surface area contributed by atoms with E-state index in [4.69, 9.17) is 5.73 Å². The zero-order valence-corrected chi connectivity index (χ0v) is 10.1. The molecule has 1 saturated carbocycles. The molecular formula is C13H26N2. The molecule has 2 heteroatoms. The first-order valence-corrected chi connectivity index (χ1v) is 6.79. The van der Waals surface area contributed by atoms with E-state index < -0.39 is 0 Å². The van der Waals surface area contributed by atoms with Crippen LogP contribution in [0.15, 0.2) is 0 Å². The van der Waals surface area contributed by atoms with E-state index >= 15 is 0 Å². The molecule has 0 radical (unpaired) electrons. The van der Waals surface area contributed by atoms with Crippen LogP contribution in [0.25, 0.3) is 0 Å². The molecule has 15 heavy (non-hydrogen) atoms. The lowest BCUT2D eigenvalue weighted by Crippen LogP contribution is -2.41. The highest BCUT2D eigenvalue weighted by atomic mass is 15.2. The first-order valence-electron chi connectivity index (χ1n) is 6.79. The van der Waals surface area contributed by atoms with E-state index in [9.17, 15) is 0 Å². The molecule has 3 atom stereocenters. The highest BCUT2D eigenvalue weighted by Crippen LogP contribution is 2.28. The second-order valence-corrected chi connectivity index (χ2v) is 5.52. The van der Waals surface area contributed by atoms with Crippen LogP contribution in [0.4, 0.5) is 0 Å². The summed E-state index contributed by atoms with van der Waals surface area (Å²) >= 11 is 0. The van der Waals surface area contributed by atoms with Crippen molar-refractivity contribution in [1.29, 1.82) is 0 Å². The van der Waals surface area contributed by atoms with E-state index in [-0.39, 0.29) is 0 Å². The van der Waals surface area contributed by atoms with Gasteiger partial charge in [-0.15, -0.1) is 0 Å². The van der Waals surface area contributed by atoms with Crippen LogP contribution in [0.5, 0.6) is 0 Å². The van der Waals surface area contributed by atoms with Gasteiger partial charge in [0.05, 0.1) is 0 Å². The van der Waals surface area contributed by atoms with Gasteiger partial charge in [0.15, 0.2) is 0 Å². The van der Waals surface area contributed by atoms with Gasteiger partial charge in [-0.1, -0.05) is 19.8 Å². The molecule has 0 aromatic carbocycles. The predicted octanol–water partition coefficient (Wildman–Crippen LogP) is 2.38. The Labute approximate surface area is 94.2 Å². The van der Waals surface area contributed by atoms with E-state index in [1.807, 2.05) is 0 Å². The number of hydrogen-bond donors (Lipinski definition) is 1. The molecule has 1 aliphatic carbocycles. The Kier molecular flexibility index (Phi) is 4.04. The summed E-state index contributed by atoms with van der Waals surface area (Å²) < 4.78 is 0. The SMILES string of the molecule is CCCC1CCN(C2CCCC(N)C2)C1. The minimum Gasteiger partial charge on any atom is -0.328 e. The Morgan fingerprint density at radius 2 is 2.13 bits per heavy atom. The topological polar surface area (TPSA) is 29.3 Å². The number of rotatable bonds is 3. The van der Waals surface area contributed by atoms with Crippen molar-refractivity contribution in [2.45, 2.75) is 64.0 Å². The van der Waals surface area contributed by atoms with Gasteiger partial charge in [-0.2, -0.15) is 0 Å². The smallest absolute Gasteiger partial charge is 0.0110 e. The summed E-state index contributed by atoms with van der Waals surface area (Å²) in [5.41, 5.74) is 6.06. The predicted molar refractivity (Wildman–Crippen MR) is 64.8 cm³/mol. The molecule has 2 aliphatic rings. The van der Waals surface area contributed by atoms with Gasteiger partial charge >= 0.3 is 0 Å². The van der Waals surface area contributed by atoms with Crippen molar-refractivity contribution in [1.82, 2.24) is 4.90 Å². The van der Waals surface area contributed by atoms with Crippen molar-refractivity contribution in [3.05, 3.63) is 0 Å². The number of likely N-dealkylation sites (tertiary alicyclic amines) is 1. The van der Waals surface area contributed by atoms with Crippen molar-refractivity contribution in [3.63, 3.8) is 0 Å². The highest BCUT2D eigenvalue weighted by Gasteiger charge is 2.30. The number of nitrogens with two attached hydrogens (primary N) is 1. The van der Waals surface area contributed by atoms with Gasteiger partial charge in [0.1, 0.15) is 0 Å². The zero-order chi connectivity index (χ0) is 10.7. The van der Waals surface area contributed by atoms with Crippen LogP contribution in [0.3, 0.4) is 0 Å². The quantitative estimate of drug-likeness (QED) is 0.775. The van der Waals surface area contributed by atoms with Crippen molar-refractivity contribution >= 4 is 0 Å². The molecule has 0 spiro atoms. The highest BCUT2D eigenvalue weighted by molar-refractivity contribution is 4.86. The summed E-state index contributed by atoms with van der Waals surface area (Å²) in [4.78, 5) is 2.72. The van der Waals surface area contributed by atoms with Crippen molar-refractivity contribution in [3.8, 4) is 0 Å². The molecule has 0 aromatic rings. The molecule has 0 amide bonds. The summed E-state index contributed by atoms with van der Waals surface area (Å²) in [5, 5.41) is 0. The summed E-state index contributed by atoms with van der Waals surface area (Å²) in [6.07, 6.45) is 9.45. The Balaban J connectivity index is 1.79. The standard InChI is InChI=1S/C13H26N2/c1-2-4-11-7-8-15(10-11)13-6-3-5-12(14)9-13/h11-13H,2-10,14H2,1H3. The monoisotopic (exact) mass is 210 g/mol. The van der Waals surface area contributed by atoms with Crippen LogP contribution in [0, 0.1) is 5.92 Å². The zero-order valence-electron chi connectivity index (χ0n) is 10.1. The maximum atomic E-state index is 6.06. The van der Waals surface area contributed by atoms with Crippen LogP contribution in [0.1, 0.15) is 51.9 Å². The fourth-order valence-electron chi connectivity index (χ4n) is 3.37. The Morgan fingerprint density at radius 3 is 2.87 bits per heavy atom. The van der Waals surface area contributed by atoms with Crippen LogP contribution in [0.2, 0.25) is 0 Å². The van der Waals surface area contributed by atoms with Gasteiger partial charge in [-0.05, 0) is 44.6 Å². The average Bonchev–Trinajstić information content (AvgIpc) is 2.67. The van der Waals surface area contributed by atoms with Gasteiger partial charge in [-0.25, -0.2) is 0 Å². The molecule has 1 heterocycles. The largest absolute Gasteiger partial charge is 0.328 e. The fourth-order valence-corrected chi connectivity index (χ4v) is 3.37. The normalized spacial score (nSPS) is 38.4. The first kappa shape index (κ1) is 11.4. The van der Waals surface area contributed by atoms with Crippen LogP contribution >= 0.6 is 0 Å². The summed E-state index contributed by atoms with van der Waals surface area (Å²) in [6.45, 7) is 4.99. The summed E-state index contributed by atoms with van der Waals surface area (Å²) in [6, 6.07) is 1.30. The molecule has 0 bridgehead atoms. The van der Waals surface area contributed by atoms with Crippen molar-refractivity contribution < 1.29 is 0 Å². The minimum atomic E-state index is 0.481. The Bertz CT molecular complexity index is 193. The third kappa shape index (κ3) is 2.94. The lowest BCUT2D eigenvalue weighted by molar-refractivity contribution is 0.173. The molecule has 1 saturated heterocycles. The van der Waals surface area contributed by atoms with Gasteiger partial charge < -0.3 is 10.6 Å². The Hall–Kier alpha value is -0.0800. The lowest BCUT2D eigenvalue weighted by atomic mass is 9.90. The van der Waals surface area contributed by atoms with E-state index in [0.717, 1.165) is 12.0 Å². The third-order valence-corrected chi connectivity index (χ3v) is 4.22. The van der Waals surface area contributed by atoms with E-state index in [2.05, 4.69) is 11.8 Å². The molecule has 2 rings (SSSR count). The molecule has 2 fully saturated rings. The lowest BCUT2D eigenvalue weighted by Gasteiger charge is -2.34. The molecule has 88 valence electrons. The number of nitrogens with zero attached hydrogens (tertiary/aromatic N) is 1. The first-order chi connectivity index (χ1) is 7.29. The molecule has 1 aliphatic heterocycles. The van der Waals surface area contributed by atoms with Gasteiger partial charge in [0, 0.05) is 18.6 Å². The summed E-state index contributed by atoms with van der Waals surface area (Å²) in [5.74, 6) is 0.980. The van der Waals surface area contributed by atoms with Gasteiger partial charge in [0.25, 0.3) is 0 Å². The molecule has 2 N–H and O–H groups in total. The van der Waals surface area contributed by atoms with E-state index in [1.165, 1.54) is 58.0 Å². The second-order valence-electron chi connectivity index (χ2n) is 5.52. The molecule has 2 nitrogen and oxygen atoms in total.